The molecule has 0 heterocycles. The molecule has 7 nitrogen and oxygen atoms in total. The summed E-state index contributed by atoms with van der Waals surface area (Å²) in [6.07, 6.45) is 1.70. The standard InChI is InChI=1S/C25H30N2O5S/c1-16(13-23(28)29)14-26-24(30)22(11-12-33-2)27-25(31)32-15-21-19-9-5-3-7-17(19)18-8-4-6-10-20(18)21/h3-10,16,21-22H,11-15H2,1-2H3,(H,26,30)(H,27,31)(H,28,29)/t16?,22-/m1/s1. The molecule has 0 bridgehead atoms. The van der Waals surface area contributed by atoms with Gasteiger partial charge < -0.3 is 20.5 Å². The molecule has 1 aliphatic rings. The molecular weight excluding hydrogens is 440 g/mol. The largest absolute Gasteiger partial charge is 0.481 e. The number of carbonyl (C=O) groups excluding carboxylic acids is 2. The third-order valence-electron chi connectivity index (χ3n) is 5.71. The Morgan fingerprint density at radius 2 is 1.67 bits per heavy atom. The number of carbonyl (C=O) groups is 3. The van der Waals surface area contributed by atoms with Crippen LogP contribution in [-0.2, 0) is 14.3 Å². The summed E-state index contributed by atoms with van der Waals surface area (Å²) in [5.74, 6) is -0.824. The van der Waals surface area contributed by atoms with Gasteiger partial charge >= 0.3 is 12.1 Å². The Kier molecular flexibility index (Phi) is 8.77. The highest BCUT2D eigenvalue weighted by Crippen LogP contribution is 2.44. The third kappa shape index (κ3) is 6.51. The third-order valence-corrected chi connectivity index (χ3v) is 6.35. The van der Waals surface area contributed by atoms with Gasteiger partial charge in [0, 0.05) is 18.9 Å². The van der Waals surface area contributed by atoms with Crippen LogP contribution in [0.5, 0.6) is 0 Å². The van der Waals surface area contributed by atoms with Crippen LogP contribution in [0.1, 0.15) is 36.8 Å². The van der Waals surface area contributed by atoms with Crippen LogP contribution in [0, 0.1) is 5.92 Å². The number of hydrogen-bond acceptors (Lipinski definition) is 5. The normalized spacial score (nSPS) is 14.0. The second-order valence-electron chi connectivity index (χ2n) is 8.25. The maximum atomic E-state index is 12.6. The fourth-order valence-electron chi connectivity index (χ4n) is 4.06. The lowest BCUT2D eigenvalue weighted by atomic mass is 9.98. The van der Waals surface area contributed by atoms with E-state index in [1.54, 1.807) is 18.7 Å². The molecule has 8 heteroatoms. The van der Waals surface area contributed by atoms with Gasteiger partial charge in [-0.15, -0.1) is 0 Å². The van der Waals surface area contributed by atoms with Crippen LogP contribution in [0.4, 0.5) is 4.79 Å². The van der Waals surface area contributed by atoms with Crippen molar-refractivity contribution in [1.29, 1.82) is 0 Å². The molecule has 176 valence electrons. The van der Waals surface area contributed by atoms with Gasteiger partial charge in [-0.1, -0.05) is 55.5 Å². The van der Waals surface area contributed by atoms with E-state index in [1.807, 2.05) is 42.7 Å². The fourth-order valence-corrected chi connectivity index (χ4v) is 4.53. The lowest BCUT2D eigenvalue weighted by molar-refractivity contribution is -0.138. The average Bonchev–Trinajstić information content (AvgIpc) is 3.12. The smallest absolute Gasteiger partial charge is 0.407 e. The predicted molar refractivity (Wildman–Crippen MR) is 129 cm³/mol. The van der Waals surface area contributed by atoms with Gasteiger partial charge in [-0.3, -0.25) is 9.59 Å². The number of ether oxygens (including phenoxy) is 1. The zero-order valence-electron chi connectivity index (χ0n) is 18.9. The van der Waals surface area contributed by atoms with Gasteiger partial charge in [0.05, 0.1) is 0 Å². The number of amides is 2. The first-order chi connectivity index (χ1) is 15.9. The predicted octanol–water partition coefficient (Wildman–Crippen LogP) is 3.87. The number of carboxylic acids is 1. The molecule has 2 aromatic carbocycles. The Bertz CT molecular complexity index is 951. The van der Waals surface area contributed by atoms with Crippen LogP contribution in [0.25, 0.3) is 11.1 Å². The highest BCUT2D eigenvalue weighted by Gasteiger charge is 2.29. The van der Waals surface area contributed by atoms with Crippen LogP contribution >= 0.6 is 11.8 Å². The van der Waals surface area contributed by atoms with Gasteiger partial charge in [-0.25, -0.2) is 4.79 Å². The molecule has 3 rings (SSSR count). The molecule has 1 unspecified atom stereocenters. The summed E-state index contributed by atoms with van der Waals surface area (Å²) < 4.78 is 5.56. The number of hydrogen-bond donors (Lipinski definition) is 3. The Morgan fingerprint density at radius 3 is 2.24 bits per heavy atom. The maximum Gasteiger partial charge on any atom is 0.407 e. The number of carboxylic acid groups (broad SMARTS) is 1. The Balaban J connectivity index is 1.59. The first-order valence-electron chi connectivity index (χ1n) is 11.0. The summed E-state index contributed by atoms with van der Waals surface area (Å²) in [5, 5.41) is 14.3. The Morgan fingerprint density at radius 1 is 1.06 bits per heavy atom. The molecule has 2 aromatic rings. The molecule has 2 atom stereocenters. The van der Waals surface area contributed by atoms with Gasteiger partial charge in [0.1, 0.15) is 12.6 Å². The minimum Gasteiger partial charge on any atom is -0.481 e. The van der Waals surface area contributed by atoms with E-state index >= 15 is 0 Å². The van der Waals surface area contributed by atoms with E-state index < -0.39 is 18.1 Å². The SMILES string of the molecule is CSCC[C@@H](NC(=O)OCC1c2ccccc2-c2ccccc21)C(=O)NCC(C)CC(=O)O. The molecule has 2 amide bonds. The number of aliphatic carboxylic acids is 1. The summed E-state index contributed by atoms with van der Waals surface area (Å²) in [6, 6.07) is 15.4. The number of alkyl carbamates (subject to hydrolysis) is 1. The van der Waals surface area contributed by atoms with Crippen molar-refractivity contribution in [3.63, 3.8) is 0 Å². The van der Waals surface area contributed by atoms with E-state index in [-0.39, 0.29) is 37.3 Å². The van der Waals surface area contributed by atoms with Crippen molar-refractivity contribution in [2.75, 3.05) is 25.2 Å². The monoisotopic (exact) mass is 470 g/mol. The molecule has 0 fully saturated rings. The van der Waals surface area contributed by atoms with Crippen molar-refractivity contribution >= 4 is 29.7 Å². The number of rotatable bonds is 11. The highest BCUT2D eigenvalue weighted by molar-refractivity contribution is 7.98. The van der Waals surface area contributed by atoms with Crippen molar-refractivity contribution < 1.29 is 24.2 Å². The van der Waals surface area contributed by atoms with Crippen LogP contribution in [0.3, 0.4) is 0 Å². The fraction of sp³-hybridized carbons (Fsp3) is 0.400. The molecule has 1 aliphatic carbocycles. The average molecular weight is 471 g/mol. The van der Waals surface area contributed by atoms with Crippen molar-refractivity contribution in [2.45, 2.75) is 31.7 Å². The molecule has 33 heavy (non-hydrogen) atoms. The first-order valence-corrected chi connectivity index (χ1v) is 12.4. The summed E-state index contributed by atoms with van der Waals surface area (Å²) in [4.78, 5) is 36.0. The van der Waals surface area contributed by atoms with Crippen LogP contribution < -0.4 is 10.6 Å². The Hall–Kier alpha value is -3.00. The van der Waals surface area contributed by atoms with Gasteiger partial charge in [0.15, 0.2) is 0 Å². The number of fused-ring (bicyclic) bond motifs is 3. The highest BCUT2D eigenvalue weighted by atomic mass is 32.2. The first kappa shape index (κ1) is 24.6. The molecule has 0 saturated heterocycles. The molecule has 0 radical (unpaired) electrons. The summed E-state index contributed by atoms with van der Waals surface area (Å²) in [5.41, 5.74) is 4.54. The molecular formula is C25H30N2O5S. The number of benzene rings is 2. The van der Waals surface area contributed by atoms with Gasteiger partial charge in [0.2, 0.25) is 5.91 Å². The molecule has 3 N–H and O–H groups in total. The van der Waals surface area contributed by atoms with E-state index in [1.165, 1.54) is 0 Å². The van der Waals surface area contributed by atoms with Crippen LogP contribution in [0.15, 0.2) is 48.5 Å². The molecule has 0 aliphatic heterocycles. The van der Waals surface area contributed by atoms with Gasteiger partial charge in [-0.2, -0.15) is 11.8 Å². The second kappa shape index (κ2) is 11.7. The lowest BCUT2D eigenvalue weighted by Gasteiger charge is -2.20. The molecule has 0 spiro atoms. The number of thioether (sulfide) groups is 1. The van der Waals surface area contributed by atoms with E-state index in [4.69, 9.17) is 9.84 Å². The van der Waals surface area contributed by atoms with E-state index in [0.29, 0.717) is 12.2 Å². The Labute approximate surface area is 198 Å². The zero-order valence-corrected chi connectivity index (χ0v) is 19.7. The number of nitrogens with one attached hydrogen (secondary N) is 2. The van der Waals surface area contributed by atoms with Crippen LogP contribution in [0.2, 0.25) is 0 Å². The van der Waals surface area contributed by atoms with Crippen molar-refractivity contribution in [2.24, 2.45) is 5.92 Å². The molecule has 0 aromatic heterocycles. The van der Waals surface area contributed by atoms with E-state index in [2.05, 4.69) is 22.8 Å². The van der Waals surface area contributed by atoms with Crippen molar-refractivity contribution in [3.05, 3.63) is 59.7 Å². The second-order valence-corrected chi connectivity index (χ2v) is 9.24. The summed E-state index contributed by atoms with van der Waals surface area (Å²) in [6.45, 7) is 2.16. The van der Waals surface area contributed by atoms with E-state index in [9.17, 15) is 14.4 Å². The summed E-state index contributed by atoms with van der Waals surface area (Å²) in [7, 11) is 0. The molecule has 0 saturated carbocycles. The van der Waals surface area contributed by atoms with Crippen molar-refractivity contribution in [3.8, 4) is 11.1 Å². The van der Waals surface area contributed by atoms with E-state index in [0.717, 1.165) is 22.3 Å². The minimum absolute atomic E-state index is 0.0322. The van der Waals surface area contributed by atoms with Crippen molar-refractivity contribution in [1.82, 2.24) is 10.6 Å². The topological polar surface area (TPSA) is 105 Å². The maximum absolute atomic E-state index is 12.6. The quantitative estimate of drug-likeness (QED) is 0.460. The van der Waals surface area contributed by atoms with Gasteiger partial charge in [-0.05, 0) is 46.6 Å². The van der Waals surface area contributed by atoms with Crippen LogP contribution in [-0.4, -0.2) is 54.3 Å². The summed E-state index contributed by atoms with van der Waals surface area (Å²) >= 11 is 1.58. The zero-order chi connectivity index (χ0) is 23.8. The lowest BCUT2D eigenvalue weighted by Crippen LogP contribution is -2.48. The van der Waals surface area contributed by atoms with Gasteiger partial charge in [0.25, 0.3) is 0 Å². The minimum atomic E-state index is -0.910.